The molecule has 0 heterocycles. The van der Waals surface area contributed by atoms with Gasteiger partial charge in [0.2, 0.25) is 0 Å². The maximum atomic E-state index is 11.1. The van der Waals surface area contributed by atoms with Crippen molar-refractivity contribution in [3.63, 3.8) is 0 Å². The van der Waals surface area contributed by atoms with Crippen LogP contribution in [0.3, 0.4) is 0 Å². The molecule has 0 unspecified atom stereocenters. The van der Waals surface area contributed by atoms with Gasteiger partial charge in [-0.05, 0) is 0 Å². The Kier molecular flexibility index (Phi) is 6.50. The molecule has 0 aliphatic heterocycles. The number of carbonyl (C=O) groups is 2. The quantitative estimate of drug-likeness (QED) is 0.594. The van der Waals surface area contributed by atoms with Crippen LogP contribution >= 0.6 is 23.2 Å². The minimum atomic E-state index is -3.13. The molecule has 0 bridgehead atoms. The number of halogens is 2. The fourth-order valence-corrected chi connectivity index (χ4v) is 4.79. The molecule has 0 fully saturated rings. The number of hydrogen-bond acceptors (Lipinski definition) is 4. The van der Waals surface area contributed by atoms with E-state index in [2.05, 4.69) is 0 Å². The van der Waals surface area contributed by atoms with Crippen LogP contribution in [0.2, 0.25) is 0 Å². The number of alkyl halides is 2. The number of hydrogen-bond donors (Lipinski definition) is 0. The summed E-state index contributed by atoms with van der Waals surface area (Å²) in [6.45, 7) is 0. The fraction of sp³-hybridized carbons (Fsp3) is 0.200. The van der Waals surface area contributed by atoms with Crippen molar-refractivity contribution >= 4 is 56.2 Å². The van der Waals surface area contributed by atoms with Crippen LogP contribution in [0.1, 0.15) is 0 Å². The zero-order valence-electron chi connectivity index (χ0n) is 8.77. The van der Waals surface area contributed by atoms with Gasteiger partial charge in [-0.2, -0.15) is 0 Å². The van der Waals surface area contributed by atoms with Crippen LogP contribution in [0.4, 0.5) is 0 Å². The molecule has 1 aromatic rings. The average Bonchev–Trinajstić information content (AvgIpc) is 2.38. The first-order chi connectivity index (χ1) is 8.17. The van der Waals surface area contributed by atoms with Crippen molar-refractivity contribution < 1.29 is 16.6 Å². The summed E-state index contributed by atoms with van der Waals surface area (Å²) in [4.78, 5) is 22.3. The molecule has 0 atom stereocenters. The molecule has 0 amide bonds. The third-order valence-corrected chi connectivity index (χ3v) is 6.15. The Morgan fingerprint density at radius 3 is 1.88 bits per heavy atom. The second kappa shape index (κ2) is 7.65. The molecular formula is C10H9Cl2GaO4. The van der Waals surface area contributed by atoms with Crippen LogP contribution in [-0.2, 0) is 16.6 Å². The van der Waals surface area contributed by atoms with Crippen LogP contribution < -0.4 is 4.12 Å². The molecule has 0 saturated heterocycles. The van der Waals surface area contributed by atoms with Crippen LogP contribution in [0.5, 0.6) is 0 Å². The van der Waals surface area contributed by atoms with Crippen molar-refractivity contribution in [2.75, 3.05) is 11.8 Å². The van der Waals surface area contributed by atoms with E-state index in [9.17, 15) is 9.59 Å². The van der Waals surface area contributed by atoms with Crippen LogP contribution in [0.15, 0.2) is 30.3 Å². The first-order valence-corrected chi connectivity index (χ1v) is 8.99. The summed E-state index contributed by atoms with van der Waals surface area (Å²) in [5.41, 5.74) is 0. The van der Waals surface area contributed by atoms with Crippen molar-refractivity contribution in [1.29, 1.82) is 0 Å². The van der Waals surface area contributed by atoms with E-state index < -0.39 is 28.9 Å². The maximum absolute atomic E-state index is 11.1. The van der Waals surface area contributed by atoms with Crippen LogP contribution in [0, 0.1) is 0 Å². The molecule has 0 spiro atoms. The molecule has 0 saturated carbocycles. The first-order valence-electron chi connectivity index (χ1n) is 4.73. The van der Waals surface area contributed by atoms with Crippen molar-refractivity contribution in [3.8, 4) is 0 Å². The topological polar surface area (TPSA) is 52.6 Å². The summed E-state index contributed by atoms with van der Waals surface area (Å²) < 4.78 is 10.9. The second-order valence-electron chi connectivity index (χ2n) is 2.99. The van der Waals surface area contributed by atoms with Crippen molar-refractivity contribution in [2.24, 2.45) is 0 Å². The molecule has 0 aliphatic rings. The van der Waals surface area contributed by atoms with Crippen molar-refractivity contribution in [1.82, 2.24) is 0 Å². The Morgan fingerprint density at radius 2 is 1.47 bits per heavy atom. The molecule has 0 N–H and O–H groups in total. The summed E-state index contributed by atoms with van der Waals surface area (Å²) in [6, 6.07) is 8.85. The average molecular weight is 334 g/mol. The van der Waals surface area contributed by atoms with E-state index in [4.69, 9.17) is 30.3 Å². The number of carbonyl (C=O) groups excluding carboxylic acids is 2. The summed E-state index contributed by atoms with van der Waals surface area (Å²) in [5, 5.41) is 0. The molecule has 7 heteroatoms. The van der Waals surface area contributed by atoms with E-state index in [0.717, 1.165) is 4.12 Å². The van der Waals surface area contributed by atoms with Gasteiger partial charge in [-0.15, -0.1) is 0 Å². The molecule has 17 heavy (non-hydrogen) atoms. The van der Waals surface area contributed by atoms with E-state index in [0.29, 0.717) is 0 Å². The Morgan fingerprint density at radius 1 is 1.00 bits per heavy atom. The van der Waals surface area contributed by atoms with Gasteiger partial charge in [-0.25, -0.2) is 0 Å². The third kappa shape index (κ3) is 5.03. The number of rotatable bonds is 5. The first kappa shape index (κ1) is 14.4. The van der Waals surface area contributed by atoms with Crippen molar-refractivity contribution in [3.05, 3.63) is 30.3 Å². The number of benzene rings is 1. The summed E-state index contributed by atoms with van der Waals surface area (Å²) in [7, 11) is 0. The fourth-order valence-electron chi connectivity index (χ4n) is 1.07. The van der Waals surface area contributed by atoms with Crippen LogP contribution in [0.25, 0.3) is 0 Å². The van der Waals surface area contributed by atoms with E-state index >= 15 is 0 Å². The van der Waals surface area contributed by atoms with Gasteiger partial charge in [-0.1, -0.05) is 0 Å². The molecular weight excluding hydrogens is 325 g/mol. The van der Waals surface area contributed by atoms with E-state index in [-0.39, 0.29) is 11.8 Å². The van der Waals surface area contributed by atoms with Crippen molar-refractivity contribution in [2.45, 2.75) is 0 Å². The second-order valence-corrected chi connectivity index (χ2v) is 7.30. The molecule has 0 aliphatic carbocycles. The monoisotopic (exact) mass is 332 g/mol. The van der Waals surface area contributed by atoms with Gasteiger partial charge >= 0.3 is 115 Å². The zero-order valence-corrected chi connectivity index (χ0v) is 12.7. The third-order valence-electron chi connectivity index (χ3n) is 1.77. The van der Waals surface area contributed by atoms with Gasteiger partial charge in [0.1, 0.15) is 0 Å². The summed E-state index contributed by atoms with van der Waals surface area (Å²) in [5.74, 6) is -1.73. The van der Waals surface area contributed by atoms with E-state index in [1.807, 2.05) is 6.07 Å². The molecule has 0 aromatic heterocycles. The Balaban J connectivity index is 2.79. The normalized spacial score (nSPS) is 9.53. The van der Waals surface area contributed by atoms with Gasteiger partial charge in [-0.3, -0.25) is 0 Å². The zero-order chi connectivity index (χ0) is 12.7. The van der Waals surface area contributed by atoms with Gasteiger partial charge < -0.3 is 0 Å². The van der Waals surface area contributed by atoms with Gasteiger partial charge in [0.25, 0.3) is 0 Å². The summed E-state index contributed by atoms with van der Waals surface area (Å²) in [6.07, 6.45) is 0. The molecule has 4 nitrogen and oxygen atoms in total. The summed E-state index contributed by atoms with van der Waals surface area (Å²) >= 11 is 7.55. The SMILES string of the molecule is O=C(CCl)[O][Ga]([O]C(=O)CCl)[c]1ccccc1. The van der Waals surface area contributed by atoms with Gasteiger partial charge in [0.05, 0.1) is 0 Å². The standard InChI is InChI=1S/C6H5.2C2H3ClO2.Ga/c1-2-4-6-5-3-1;2*3-1-2(4)5;/h1-5H;2*1H2,(H,4,5);/q;;;+2/p-2. The molecule has 0 radical (unpaired) electrons. The Bertz CT molecular complexity index is 367. The van der Waals surface area contributed by atoms with E-state index in [1.165, 1.54) is 0 Å². The molecule has 90 valence electrons. The Hall–Kier alpha value is -0.624. The van der Waals surface area contributed by atoms with Gasteiger partial charge in [0.15, 0.2) is 0 Å². The molecule has 1 rings (SSSR count). The van der Waals surface area contributed by atoms with E-state index in [1.54, 1.807) is 24.3 Å². The van der Waals surface area contributed by atoms with Gasteiger partial charge in [0, 0.05) is 0 Å². The predicted molar refractivity (Wildman–Crippen MR) is 65.5 cm³/mol. The predicted octanol–water partition coefficient (Wildman–Crippen LogP) is 0.946. The molecule has 1 aromatic carbocycles. The Labute approximate surface area is 115 Å². The minimum absolute atomic E-state index is 0.271. The van der Waals surface area contributed by atoms with Crippen LogP contribution in [-0.4, -0.2) is 40.6 Å².